The molecule has 1 aliphatic rings. The number of hydrogen-bond donors (Lipinski definition) is 2. The van der Waals surface area contributed by atoms with Gasteiger partial charge in [0.15, 0.2) is 0 Å². The summed E-state index contributed by atoms with van der Waals surface area (Å²) in [5.41, 5.74) is 3.86. The van der Waals surface area contributed by atoms with Gasteiger partial charge in [-0.25, -0.2) is 9.78 Å². The Morgan fingerprint density at radius 3 is 3.13 bits per heavy atom. The van der Waals surface area contributed by atoms with Gasteiger partial charge in [-0.2, -0.15) is 0 Å². The molecule has 2 aromatic heterocycles. The molecule has 1 saturated heterocycles. The number of nitrogens with one attached hydrogen (secondary N) is 2. The second-order valence-electron chi connectivity index (χ2n) is 5.80. The van der Waals surface area contributed by atoms with E-state index in [1.54, 1.807) is 11.7 Å². The summed E-state index contributed by atoms with van der Waals surface area (Å²) in [4.78, 5) is 22.6. The Morgan fingerprint density at radius 2 is 2.39 bits per heavy atom. The monoisotopic (exact) mass is 331 g/mol. The van der Waals surface area contributed by atoms with Gasteiger partial charge in [-0.15, -0.1) is 11.3 Å². The van der Waals surface area contributed by atoms with Crippen LogP contribution in [-0.4, -0.2) is 41.0 Å². The lowest BCUT2D eigenvalue weighted by atomic mass is 9.95. The molecular formula is C16H21N5OS. The molecule has 7 heteroatoms. The molecule has 0 bridgehead atoms. The minimum absolute atomic E-state index is 0.141. The predicted molar refractivity (Wildman–Crippen MR) is 90.1 cm³/mol. The number of amides is 2. The van der Waals surface area contributed by atoms with E-state index in [4.69, 9.17) is 0 Å². The first kappa shape index (κ1) is 15.9. The Bertz CT molecular complexity index is 619. The van der Waals surface area contributed by atoms with Gasteiger partial charge in [0.1, 0.15) is 0 Å². The number of carbonyl (C=O) groups is 1. The minimum atomic E-state index is -0.141. The molecule has 23 heavy (non-hydrogen) atoms. The van der Waals surface area contributed by atoms with Crippen molar-refractivity contribution in [3.05, 3.63) is 46.7 Å². The average molecular weight is 331 g/mol. The SMILES string of the molecule is CN1CC[C@@H](CNC(=O)NCc2cscn2)[C@@H]1c1cccnc1. The smallest absolute Gasteiger partial charge is 0.315 e. The topological polar surface area (TPSA) is 70.2 Å². The van der Waals surface area contributed by atoms with Gasteiger partial charge in [0, 0.05) is 30.4 Å². The number of pyridine rings is 1. The van der Waals surface area contributed by atoms with Crippen molar-refractivity contribution in [3.8, 4) is 0 Å². The van der Waals surface area contributed by atoms with Crippen LogP contribution in [0, 0.1) is 5.92 Å². The number of nitrogens with zero attached hydrogens (tertiary/aromatic N) is 3. The quantitative estimate of drug-likeness (QED) is 0.879. The normalized spacial score (nSPS) is 21.3. The van der Waals surface area contributed by atoms with Gasteiger partial charge >= 0.3 is 6.03 Å². The number of carbonyl (C=O) groups excluding carboxylic acids is 1. The predicted octanol–water partition coefficient (Wildman–Crippen LogP) is 2.03. The summed E-state index contributed by atoms with van der Waals surface area (Å²) in [7, 11) is 2.12. The second-order valence-corrected chi connectivity index (χ2v) is 6.52. The number of urea groups is 1. The van der Waals surface area contributed by atoms with Gasteiger partial charge in [-0.1, -0.05) is 6.07 Å². The number of rotatable bonds is 5. The number of hydrogen-bond acceptors (Lipinski definition) is 5. The van der Waals surface area contributed by atoms with Gasteiger partial charge in [0.25, 0.3) is 0 Å². The van der Waals surface area contributed by atoms with Crippen molar-refractivity contribution in [3.63, 3.8) is 0 Å². The molecule has 3 rings (SSSR count). The van der Waals surface area contributed by atoms with Gasteiger partial charge in [0.2, 0.25) is 0 Å². The Labute approximate surface area is 140 Å². The van der Waals surface area contributed by atoms with Gasteiger partial charge in [-0.3, -0.25) is 9.88 Å². The lowest BCUT2D eigenvalue weighted by Crippen LogP contribution is -2.39. The van der Waals surface area contributed by atoms with E-state index in [9.17, 15) is 4.79 Å². The largest absolute Gasteiger partial charge is 0.338 e. The first-order valence-corrected chi connectivity index (χ1v) is 8.67. The van der Waals surface area contributed by atoms with Crippen molar-refractivity contribution < 1.29 is 4.79 Å². The van der Waals surface area contributed by atoms with E-state index < -0.39 is 0 Å². The van der Waals surface area contributed by atoms with Crippen LogP contribution in [-0.2, 0) is 6.54 Å². The maximum atomic E-state index is 11.9. The van der Waals surface area contributed by atoms with Crippen LogP contribution in [0.2, 0.25) is 0 Å². The van der Waals surface area contributed by atoms with Crippen LogP contribution >= 0.6 is 11.3 Å². The Balaban J connectivity index is 1.51. The van der Waals surface area contributed by atoms with Crippen molar-refractivity contribution in [1.29, 1.82) is 0 Å². The van der Waals surface area contributed by atoms with Crippen LogP contribution in [0.25, 0.3) is 0 Å². The number of thiazole rings is 1. The third-order valence-corrected chi connectivity index (χ3v) is 4.87. The zero-order valence-electron chi connectivity index (χ0n) is 13.1. The molecule has 0 aliphatic carbocycles. The van der Waals surface area contributed by atoms with Gasteiger partial charge in [-0.05, 0) is 37.6 Å². The first-order chi connectivity index (χ1) is 11.2. The molecule has 0 saturated carbocycles. The molecular weight excluding hydrogens is 310 g/mol. The van der Waals surface area contributed by atoms with Crippen LogP contribution < -0.4 is 10.6 Å². The molecule has 1 fully saturated rings. The lowest BCUT2D eigenvalue weighted by molar-refractivity contribution is 0.233. The van der Waals surface area contributed by atoms with Crippen LogP contribution in [0.4, 0.5) is 4.79 Å². The van der Waals surface area contributed by atoms with E-state index >= 15 is 0 Å². The Kier molecular flexibility index (Phi) is 5.19. The summed E-state index contributed by atoms with van der Waals surface area (Å²) < 4.78 is 0. The fourth-order valence-corrected chi connectivity index (χ4v) is 3.66. The van der Waals surface area contributed by atoms with Crippen LogP contribution in [0.5, 0.6) is 0 Å². The van der Waals surface area contributed by atoms with Crippen molar-refractivity contribution in [1.82, 2.24) is 25.5 Å². The van der Waals surface area contributed by atoms with E-state index in [0.29, 0.717) is 25.0 Å². The molecule has 2 aromatic rings. The Morgan fingerprint density at radius 1 is 1.48 bits per heavy atom. The maximum absolute atomic E-state index is 11.9. The third kappa shape index (κ3) is 4.05. The van der Waals surface area contributed by atoms with Crippen molar-refractivity contribution in [2.24, 2.45) is 5.92 Å². The summed E-state index contributed by atoms with van der Waals surface area (Å²) in [6.45, 7) is 2.16. The first-order valence-electron chi connectivity index (χ1n) is 7.73. The number of likely N-dealkylation sites (tertiary alicyclic amines) is 1. The summed E-state index contributed by atoms with van der Waals surface area (Å²) in [6, 6.07) is 4.24. The fraction of sp³-hybridized carbons (Fsp3) is 0.438. The molecule has 122 valence electrons. The molecule has 0 unspecified atom stereocenters. The lowest BCUT2D eigenvalue weighted by Gasteiger charge is -2.25. The highest BCUT2D eigenvalue weighted by atomic mass is 32.1. The molecule has 2 amide bonds. The molecule has 0 spiro atoms. The zero-order valence-corrected chi connectivity index (χ0v) is 13.9. The third-order valence-electron chi connectivity index (χ3n) is 4.24. The summed E-state index contributed by atoms with van der Waals surface area (Å²) in [5, 5.41) is 7.76. The van der Waals surface area contributed by atoms with E-state index in [0.717, 1.165) is 18.7 Å². The van der Waals surface area contributed by atoms with Crippen LogP contribution in [0.1, 0.15) is 23.7 Å². The van der Waals surface area contributed by atoms with Crippen LogP contribution in [0.15, 0.2) is 35.4 Å². The highest BCUT2D eigenvalue weighted by Gasteiger charge is 2.33. The van der Waals surface area contributed by atoms with E-state index in [2.05, 4.69) is 38.6 Å². The van der Waals surface area contributed by atoms with Crippen molar-refractivity contribution >= 4 is 17.4 Å². The number of aromatic nitrogens is 2. The maximum Gasteiger partial charge on any atom is 0.315 e. The van der Waals surface area contributed by atoms with Gasteiger partial charge < -0.3 is 10.6 Å². The molecule has 3 heterocycles. The van der Waals surface area contributed by atoms with E-state index in [1.165, 1.54) is 16.9 Å². The molecule has 2 N–H and O–H groups in total. The standard InChI is InChI=1S/C16H21N5OS/c1-21-6-4-13(15(21)12-3-2-5-17-7-12)8-18-16(22)19-9-14-10-23-11-20-14/h2-3,5,7,10-11,13,15H,4,6,8-9H2,1H3,(H2,18,19,22)/t13-,15-/m0/s1. The summed E-state index contributed by atoms with van der Waals surface area (Å²) in [6.07, 6.45) is 4.78. The van der Waals surface area contributed by atoms with Gasteiger partial charge in [0.05, 0.1) is 17.7 Å². The minimum Gasteiger partial charge on any atom is -0.338 e. The second kappa shape index (κ2) is 7.52. The molecule has 0 radical (unpaired) electrons. The van der Waals surface area contributed by atoms with Crippen LogP contribution in [0.3, 0.4) is 0 Å². The molecule has 2 atom stereocenters. The fourth-order valence-electron chi connectivity index (χ4n) is 3.10. The summed E-state index contributed by atoms with van der Waals surface area (Å²) >= 11 is 1.53. The summed E-state index contributed by atoms with van der Waals surface area (Å²) in [5.74, 6) is 0.397. The molecule has 1 aliphatic heterocycles. The van der Waals surface area contributed by atoms with E-state index in [1.807, 2.05) is 17.6 Å². The highest BCUT2D eigenvalue weighted by molar-refractivity contribution is 7.07. The molecule has 0 aromatic carbocycles. The Hall–Kier alpha value is -1.99. The van der Waals surface area contributed by atoms with Crippen molar-refractivity contribution in [2.75, 3.05) is 20.1 Å². The highest BCUT2D eigenvalue weighted by Crippen LogP contribution is 2.35. The van der Waals surface area contributed by atoms with E-state index in [-0.39, 0.29) is 6.03 Å². The van der Waals surface area contributed by atoms with Crippen molar-refractivity contribution in [2.45, 2.75) is 19.0 Å². The molecule has 6 nitrogen and oxygen atoms in total. The zero-order chi connectivity index (χ0) is 16.1. The average Bonchev–Trinajstić information content (AvgIpc) is 3.21.